The first-order chi connectivity index (χ1) is 10.5. The number of aliphatic hydroxyl groups is 3. The van der Waals surface area contributed by atoms with Crippen LogP contribution in [0.15, 0.2) is 6.20 Å². The maximum atomic E-state index is 10.1. The molecule has 0 aliphatic carbocycles. The average Bonchev–Trinajstić information content (AvgIpc) is 2.97. The molecule has 2 aromatic rings. The summed E-state index contributed by atoms with van der Waals surface area (Å²) in [6.07, 6.45) is -2.89. The van der Waals surface area contributed by atoms with Gasteiger partial charge in [0.1, 0.15) is 18.3 Å². The normalized spacial score (nSPS) is 28.4. The topological polar surface area (TPSA) is 136 Å². The van der Waals surface area contributed by atoms with E-state index in [1.807, 2.05) is 0 Å². The van der Waals surface area contributed by atoms with Gasteiger partial charge in [0.05, 0.1) is 24.1 Å². The van der Waals surface area contributed by atoms with Gasteiger partial charge < -0.3 is 35.1 Å². The number of hydrogen-bond donors (Lipinski definition) is 4. The average molecular weight is 331 g/mol. The molecule has 1 aliphatic rings. The number of nitrogens with two attached hydrogens (primary N) is 1. The van der Waals surface area contributed by atoms with Gasteiger partial charge in [0.2, 0.25) is 11.8 Å². The van der Waals surface area contributed by atoms with Crippen molar-refractivity contribution in [2.45, 2.75) is 24.5 Å². The summed E-state index contributed by atoms with van der Waals surface area (Å²) in [4.78, 5) is 8.03. The highest BCUT2D eigenvalue weighted by Crippen LogP contribution is 2.37. The zero-order chi connectivity index (χ0) is 16.0. The number of aliphatic hydroxyl groups excluding tert-OH is 3. The lowest BCUT2D eigenvalue weighted by atomic mass is 10.1. The number of rotatable bonds is 3. The maximum absolute atomic E-state index is 10.1. The first-order valence-electron chi connectivity index (χ1n) is 6.48. The van der Waals surface area contributed by atoms with Gasteiger partial charge in [-0.15, -0.1) is 0 Å². The van der Waals surface area contributed by atoms with Crippen LogP contribution in [0.25, 0.3) is 11.0 Å². The van der Waals surface area contributed by atoms with Crippen molar-refractivity contribution in [1.82, 2.24) is 14.5 Å². The van der Waals surface area contributed by atoms with Crippen LogP contribution in [0, 0.1) is 0 Å². The lowest BCUT2D eigenvalue weighted by Gasteiger charge is -2.17. The molecule has 3 heterocycles. The molecule has 1 fully saturated rings. The number of ether oxygens (including phenoxy) is 2. The van der Waals surface area contributed by atoms with Gasteiger partial charge in [-0.2, -0.15) is 9.97 Å². The van der Waals surface area contributed by atoms with Gasteiger partial charge in [0.25, 0.3) is 0 Å². The van der Waals surface area contributed by atoms with Gasteiger partial charge in [-0.05, 0) is 0 Å². The number of nitrogens with zero attached hydrogens (tertiary/aromatic N) is 3. The Balaban J connectivity index is 2.14. The molecule has 2 aromatic heterocycles. The lowest BCUT2D eigenvalue weighted by Crippen LogP contribution is -2.33. The van der Waals surface area contributed by atoms with Crippen molar-refractivity contribution in [1.29, 1.82) is 0 Å². The minimum Gasteiger partial charge on any atom is -0.480 e. The molecular formula is C12H15ClN4O5. The second kappa shape index (κ2) is 5.52. The predicted molar refractivity (Wildman–Crippen MR) is 76.5 cm³/mol. The van der Waals surface area contributed by atoms with E-state index in [9.17, 15) is 10.2 Å². The molecule has 0 amide bonds. The molecule has 0 radical (unpaired) electrons. The molecule has 4 atom stereocenters. The van der Waals surface area contributed by atoms with Crippen molar-refractivity contribution in [2.75, 3.05) is 19.5 Å². The zero-order valence-corrected chi connectivity index (χ0v) is 12.3. The fraction of sp³-hybridized carbons (Fsp3) is 0.500. The number of anilines is 1. The van der Waals surface area contributed by atoms with Gasteiger partial charge in [-0.25, -0.2) is 0 Å². The lowest BCUT2D eigenvalue weighted by molar-refractivity contribution is -0.0508. The van der Waals surface area contributed by atoms with Crippen LogP contribution >= 0.6 is 11.6 Å². The molecule has 3 rings (SSSR count). The van der Waals surface area contributed by atoms with Gasteiger partial charge in [0, 0.05) is 6.20 Å². The van der Waals surface area contributed by atoms with E-state index >= 15 is 0 Å². The predicted octanol–water partition coefficient (Wildman–Crippen LogP) is -0.713. The molecule has 0 saturated carbocycles. The second-order valence-electron chi connectivity index (χ2n) is 4.90. The smallest absolute Gasteiger partial charge is 0.229 e. The van der Waals surface area contributed by atoms with Crippen molar-refractivity contribution in [3.8, 4) is 5.88 Å². The first-order valence-corrected chi connectivity index (χ1v) is 6.85. The van der Waals surface area contributed by atoms with E-state index in [0.717, 1.165) is 0 Å². The van der Waals surface area contributed by atoms with Crippen molar-refractivity contribution in [3.05, 3.63) is 11.2 Å². The number of nitrogen functional groups attached to an aromatic ring is 1. The largest absolute Gasteiger partial charge is 0.480 e. The van der Waals surface area contributed by atoms with Gasteiger partial charge in [0.15, 0.2) is 11.9 Å². The summed E-state index contributed by atoms with van der Waals surface area (Å²) >= 11 is 6.18. The second-order valence-corrected chi connectivity index (χ2v) is 5.31. The molecule has 0 spiro atoms. The van der Waals surface area contributed by atoms with Crippen molar-refractivity contribution in [2.24, 2.45) is 0 Å². The van der Waals surface area contributed by atoms with Crippen LogP contribution in [0.1, 0.15) is 6.23 Å². The third kappa shape index (κ3) is 2.18. The van der Waals surface area contributed by atoms with Crippen LogP contribution in [0.3, 0.4) is 0 Å². The highest BCUT2D eigenvalue weighted by Gasteiger charge is 2.44. The molecule has 120 valence electrons. The summed E-state index contributed by atoms with van der Waals surface area (Å²) in [7, 11) is 1.42. The summed E-state index contributed by atoms with van der Waals surface area (Å²) in [5, 5.41) is 29.8. The highest BCUT2D eigenvalue weighted by molar-refractivity contribution is 6.36. The Morgan fingerprint density at radius 2 is 2.14 bits per heavy atom. The highest BCUT2D eigenvalue weighted by atomic mass is 35.5. The molecule has 0 unspecified atom stereocenters. The minimum absolute atomic E-state index is 0.0351. The van der Waals surface area contributed by atoms with Crippen molar-refractivity contribution in [3.63, 3.8) is 0 Å². The van der Waals surface area contributed by atoms with Crippen LogP contribution in [-0.4, -0.2) is 61.9 Å². The molecule has 9 nitrogen and oxygen atoms in total. The SMILES string of the molecule is COc1nc(N)nc2c1c(Cl)cn2[C@H]1O[C@@H](CO)[C@H](O)[C@@H]1O. The van der Waals surface area contributed by atoms with Crippen LogP contribution < -0.4 is 10.5 Å². The number of hydrogen-bond acceptors (Lipinski definition) is 8. The number of fused-ring (bicyclic) bond motifs is 1. The fourth-order valence-electron chi connectivity index (χ4n) is 2.54. The van der Waals surface area contributed by atoms with Crippen LogP contribution in [0.4, 0.5) is 5.95 Å². The summed E-state index contributed by atoms with van der Waals surface area (Å²) in [5.74, 6) is 0.158. The van der Waals surface area contributed by atoms with E-state index in [2.05, 4.69) is 9.97 Å². The monoisotopic (exact) mass is 330 g/mol. The fourth-order valence-corrected chi connectivity index (χ4v) is 2.81. The number of halogens is 1. The summed E-state index contributed by atoms with van der Waals surface area (Å²) in [6, 6.07) is 0. The Morgan fingerprint density at radius 3 is 2.73 bits per heavy atom. The van der Waals surface area contributed by atoms with Crippen LogP contribution in [-0.2, 0) is 4.74 Å². The third-order valence-electron chi connectivity index (χ3n) is 3.59. The zero-order valence-electron chi connectivity index (χ0n) is 11.5. The first kappa shape index (κ1) is 15.3. The third-order valence-corrected chi connectivity index (χ3v) is 3.88. The molecule has 22 heavy (non-hydrogen) atoms. The van der Waals surface area contributed by atoms with Crippen LogP contribution in [0.5, 0.6) is 5.88 Å². The Labute approximate surface area is 129 Å². The summed E-state index contributed by atoms with van der Waals surface area (Å²) < 4.78 is 12.0. The minimum atomic E-state index is -1.26. The van der Waals surface area contributed by atoms with Gasteiger partial charge in [-0.3, -0.25) is 0 Å². The Hall–Kier alpha value is -1.65. The van der Waals surface area contributed by atoms with Crippen molar-refractivity contribution < 1.29 is 24.8 Å². The van der Waals surface area contributed by atoms with Crippen LogP contribution in [0.2, 0.25) is 5.02 Å². The molecule has 10 heteroatoms. The molecule has 0 aromatic carbocycles. The Morgan fingerprint density at radius 1 is 1.41 bits per heavy atom. The number of methoxy groups -OCH3 is 1. The van der Waals surface area contributed by atoms with E-state index in [4.69, 9.17) is 31.9 Å². The number of aromatic nitrogens is 3. The molecule has 0 bridgehead atoms. The van der Waals surface area contributed by atoms with E-state index in [0.29, 0.717) is 11.0 Å². The van der Waals surface area contributed by atoms with E-state index in [1.165, 1.54) is 17.9 Å². The standard InChI is InChI=1S/C12H15ClN4O5/c1-21-10-6-4(13)2-17(9(6)15-12(14)16-10)11-8(20)7(19)5(3-18)22-11/h2,5,7-8,11,18-20H,3H2,1H3,(H2,14,15,16)/t5-,7-,8-,11-/m0/s1. The Kier molecular flexibility index (Phi) is 3.83. The van der Waals surface area contributed by atoms with Gasteiger partial charge in [-0.1, -0.05) is 11.6 Å². The molecule has 1 aliphatic heterocycles. The van der Waals surface area contributed by atoms with Crippen molar-refractivity contribution >= 4 is 28.6 Å². The summed E-state index contributed by atoms with van der Waals surface area (Å²) in [6.45, 7) is -0.428. The maximum Gasteiger partial charge on any atom is 0.229 e. The molecular weight excluding hydrogens is 316 g/mol. The molecule has 1 saturated heterocycles. The van der Waals surface area contributed by atoms with E-state index < -0.39 is 31.1 Å². The quantitative estimate of drug-likeness (QED) is 0.579. The molecule has 5 N–H and O–H groups in total. The Bertz CT molecular complexity index is 708. The van der Waals surface area contributed by atoms with E-state index in [1.54, 1.807) is 0 Å². The van der Waals surface area contributed by atoms with Gasteiger partial charge >= 0.3 is 0 Å². The summed E-state index contributed by atoms with van der Waals surface area (Å²) in [5.41, 5.74) is 5.94. The van der Waals surface area contributed by atoms with E-state index in [-0.39, 0.29) is 16.9 Å².